The Morgan fingerprint density at radius 3 is 2.40 bits per heavy atom. The third-order valence-electron chi connectivity index (χ3n) is 4.65. The van der Waals surface area contributed by atoms with Gasteiger partial charge in [-0.2, -0.15) is 0 Å². The first-order valence-corrected chi connectivity index (χ1v) is 10.7. The zero-order valence-electron chi connectivity index (χ0n) is 17.6. The number of carbonyl (C=O) groups excluding carboxylic acids is 1. The Kier molecular flexibility index (Phi) is 7.35. The molecule has 0 unspecified atom stereocenters. The largest absolute Gasteiger partial charge is 0.493 e. The van der Waals surface area contributed by atoms with Crippen LogP contribution in [0.15, 0.2) is 47.6 Å². The summed E-state index contributed by atoms with van der Waals surface area (Å²) in [6.45, 7) is 4.80. The van der Waals surface area contributed by atoms with E-state index in [1.165, 1.54) is 17.3 Å². The van der Waals surface area contributed by atoms with E-state index in [1.807, 2.05) is 54.0 Å². The first kappa shape index (κ1) is 21.7. The monoisotopic (exact) mass is 426 g/mol. The number of thioether (sulfide) groups is 1. The number of ether oxygens (including phenoxy) is 2. The molecule has 2 aromatic carbocycles. The fourth-order valence-electron chi connectivity index (χ4n) is 3.02. The van der Waals surface area contributed by atoms with Crippen molar-refractivity contribution in [3.05, 3.63) is 48.0 Å². The van der Waals surface area contributed by atoms with Crippen LogP contribution in [-0.2, 0) is 17.8 Å². The van der Waals surface area contributed by atoms with Gasteiger partial charge in [-0.05, 0) is 49.2 Å². The van der Waals surface area contributed by atoms with Gasteiger partial charge in [0.25, 0.3) is 0 Å². The number of carbonyl (C=O) groups is 1. The van der Waals surface area contributed by atoms with E-state index < -0.39 is 0 Å². The van der Waals surface area contributed by atoms with Crippen molar-refractivity contribution < 1.29 is 14.3 Å². The van der Waals surface area contributed by atoms with E-state index in [2.05, 4.69) is 22.4 Å². The lowest BCUT2D eigenvalue weighted by molar-refractivity contribution is -0.113. The van der Waals surface area contributed by atoms with E-state index in [9.17, 15) is 4.79 Å². The van der Waals surface area contributed by atoms with Gasteiger partial charge in [-0.15, -0.1) is 10.2 Å². The van der Waals surface area contributed by atoms with Crippen molar-refractivity contribution in [3.63, 3.8) is 0 Å². The Morgan fingerprint density at radius 2 is 1.77 bits per heavy atom. The van der Waals surface area contributed by atoms with Crippen LogP contribution in [0.25, 0.3) is 11.4 Å². The van der Waals surface area contributed by atoms with Crippen LogP contribution in [-0.4, -0.2) is 40.6 Å². The van der Waals surface area contributed by atoms with Crippen LogP contribution >= 0.6 is 11.8 Å². The van der Waals surface area contributed by atoms with Crippen molar-refractivity contribution in [2.24, 2.45) is 0 Å². The van der Waals surface area contributed by atoms with Crippen molar-refractivity contribution >= 4 is 23.4 Å². The van der Waals surface area contributed by atoms with E-state index in [1.54, 1.807) is 14.2 Å². The Labute approximate surface area is 180 Å². The van der Waals surface area contributed by atoms with Gasteiger partial charge in [-0.1, -0.05) is 30.8 Å². The van der Waals surface area contributed by atoms with Crippen LogP contribution in [0.1, 0.15) is 19.4 Å². The van der Waals surface area contributed by atoms with Gasteiger partial charge in [-0.3, -0.25) is 4.79 Å². The van der Waals surface area contributed by atoms with Crippen LogP contribution in [0.3, 0.4) is 0 Å². The van der Waals surface area contributed by atoms with Crippen LogP contribution in [0.2, 0.25) is 0 Å². The molecule has 0 aliphatic rings. The Hall–Kier alpha value is -3.00. The molecule has 3 rings (SSSR count). The zero-order chi connectivity index (χ0) is 21.5. The van der Waals surface area contributed by atoms with Gasteiger partial charge in [0.2, 0.25) is 5.91 Å². The minimum absolute atomic E-state index is 0.0810. The van der Waals surface area contributed by atoms with Crippen molar-refractivity contribution in [2.75, 3.05) is 25.3 Å². The predicted octanol–water partition coefficient (Wildman–Crippen LogP) is 4.28. The first-order valence-electron chi connectivity index (χ1n) is 9.76. The summed E-state index contributed by atoms with van der Waals surface area (Å²) in [4.78, 5) is 12.4. The van der Waals surface area contributed by atoms with Gasteiger partial charge >= 0.3 is 0 Å². The smallest absolute Gasteiger partial charge is 0.234 e. The normalized spacial score (nSPS) is 10.7. The molecule has 0 saturated heterocycles. The van der Waals surface area contributed by atoms with Crippen molar-refractivity contribution in [2.45, 2.75) is 32.0 Å². The summed E-state index contributed by atoms with van der Waals surface area (Å²) in [5.74, 6) is 2.17. The van der Waals surface area contributed by atoms with Gasteiger partial charge < -0.3 is 19.4 Å². The summed E-state index contributed by atoms with van der Waals surface area (Å²) in [7, 11) is 3.20. The average molecular weight is 427 g/mol. The molecule has 0 bridgehead atoms. The standard InChI is InChI=1S/C22H26N4O3S/c1-5-15-7-10-17(11-8-15)23-20(27)14-30-22-25-24-21(26(22)6-2)16-9-12-18(28-3)19(13-16)29-4/h7-13H,5-6,14H2,1-4H3,(H,23,27). The number of hydrogen-bond acceptors (Lipinski definition) is 6. The number of benzene rings is 2. The molecule has 0 fully saturated rings. The number of nitrogens with zero attached hydrogens (tertiary/aromatic N) is 3. The fourth-order valence-corrected chi connectivity index (χ4v) is 3.82. The van der Waals surface area contributed by atoms with E-state index in [0.29, 0.717) is 23.2 Å². The van der Waals surface area contributed by atoms with Gasteiger partial charge in [0.15, 0.2) is 22.5 Å². The summed E-state index contributed by atoms with van der Waals surface area (Å²) in [5, 5.41) is 12.2. The molecule has 0 radical (unpaired) electrons. The summed E-state index contributed by atoms with van der Waals surface area (Å²) in [6.07, 6.45) is 0.971. The Morgan fingerprint density at radius 1 is 1.03 bits per heavy atom. The summed E-state index contributed by atoms with van der Waals surface area (Å²) in [6, 6.07) is 13.5. The number of rotatable bonds is 9. The quantitative estimate of drug-likeness (QED) is 0.515. The number of anilines is 1. The van der Waals surface area contributed by atoms with Gasteiger partial charge in [0.1, 0.15) is 0 Å². The molecule has 0 aliphatic heterocycles. The Bertz CT molecular complexity index is 1000. The SMILES string of the molecule is CCc1ccc(NC(=O)CSc2nnc(-c3ccc(OC)c(OC)c3)n2CC)cc1. The molecule has 0 saturated carbocycles. The van der Waals surface area contributed by atoms with Crippen molar-refractivity contribution in [1.29, 1.82) is 0 Å². The lowest BCUT2D eigenvalue weighted by atomic mass is 10.1. The lowest BCUT2D eigenvalue weighted by Gasteiger charge is -2.11. The molecule has 30 heavy (non-hydrogen) atoms. The minimum atomic E-state index is -0.0810. The highest BCUT2D eigenvalue weighted by atomic mass is 32.2. The summed E-state index contributed by atoms with van der Waals surface area (Å²) in [5.41, 5.74) is 2.90. The third kappa shape index (κ3) is 4.94. The number of hydrogen-bond donors (Lipinski definition) is 1. The van der Waals surface area contributed by atoms with E-state index in [-0.39, 0.29) is 11.7 Å². The number of methoxy groups -OCH3 is 2. The molecule has 1 N–H and O–H groups in total. The summed E-state index contributed by atoms with van der Waals surface area (Å²) < 4.78 is 12.7. The Balaban J connectivity index is 1.70. The van der Waals surface area contributed by atoms with E-state index in [0.717, 1.165) is 23.5 Å². The molecule has 0 atom stereocenters. The van der Waals surface area contributed by atoms with Crippen LogP contribution in [0.5, 0.6) is 11.5 Å². The second-order valence-corrected chi connectivity index (χ2v) is 7.45. The number of aromatic nitrogens is 3. The molecule has 1 aromatic heterocycles. The number of amides is 1. The highest BCUT2D eigenvalue weighted by Gasteiger charge is 2.16. The average Bonchev–Trinajstić information content (AvgIpc) is 3.20. The fraction of sp³-hybridized carbons (Fsp3) is 0.318. The maximum absolute atomic E-state index is 12.4. The second-order valence-electron chi connectivity index (χ2n) is 6.51. The third-order valence-corrected chi connectivity index (χ3v) is 5.62. The van der Waals surface area contributed by atoms with E-state index >= 15 is 0 Å². The van der Waals surface area contributed by atoms with Crippen LogP contribution in [0.4, 0.5) is 5.69 Å². The molecular weight excluding hydrogens is 400 g/mol. The predicted molar refractivity (Wildman–Crippen MR) is 119 cm³/mol. The van der Waals surface area contributed by atoms with E-state index in [4.69, 9.17) is 9.47 Å². The molecule has 8 heteroatoms. The highest BCUT2D eigenvalue weighted by molar-refractivity contribution is 7.99. The van der Waals surface area contributed by atoms with Gasteiger partial charge in [0, 0.05) is 17.8 Å². The van der Waals surface area contributed by atoms with Gasteiger partial charge in [-0.25, -0.2) is 0 Å². The maximum Gasteiger partial charge on any atom is 0.234 e. The topological polar surface area (TPSA) is 78.3 Å². The molecule has 1 amide bonds. The number of nitrogens with one attached hydrogen (secondary N) is 1. The molecule has 1 heterocycles. The van der Waals surface area contributed by atoms with Crippen molar-refractivity contribution in [3.8, 4) is 22.9 Å². The molecule has 0 spiro atoms. The molecule has 7 nitrogen and oxygen atoms in total. The van der Waals surface area contributed by atoms with Crippen molar-refractivity contribution in [1.82, 2.24) is 14.8 Å². The van der Waals surface area contributed by atoms with Crippen LogP contribution in [0, 0.1) is 0 Å². The maximum atomic E-state index is 12.4. The first-order chi connectivity index (χ1) is 14.6. The van der Waals surface area contributed by atoms with Gasteiger partial charge in [0.05, 0.1) is 20.0 Å². The summed E-state index contributed by atoms with van der Waals surface area (Å²) >= 11 is 1.36. The zero-order valence-corrected chi connectivity index (χ0v) is 18.5. The molecule has 3 aromatic rings. The molecular formula is C22H26N4O3S. The minimum Gasteiger partial charge on any atom is -0.493 e. The molecule has 0 aliphatic carbocycles. The van der Waals surface area contributed by atoms with Crippen LogP contribution < -0.4 is 14.8 Å². The molecule has 158 valence electrons. The number of aryl methyl sites for hydroxylation is 1. The highest BCUT2D eigenvalue weighted by Crippen LogP contribution is 2.32. The lowest BCUT2D eigenvalue weighted by Crippen LogP contribution is -2.14. The second kappa shape index (κ2) is 10.2.